The second-order valence-corrected chi connectivity index (χ2v) is 8.12. The quantitative estimate of drug-likeness (QED) is 0.319. The smallest absolute Gasteiger partial charge is 0.461 e. The minimum Gasteiger partial charge on any atom is -0.466 e. The first-order valence-electron chi connectivity index (χ1n) is 9.66. The summed E-state index contributed by atoms with van der Waals surface area (Å²) >= 11 is 0. The molecule has 0 bridgehead atoms. The topological polar surface area (TPSA) is 44.8 Å². The van der Waals surface area contributed by atoms with Gasteiger partial charge in [-0.05, 0) is 46.9 Å². The number of hydrogen-bond donors (Lipinski definition) is 0. The van der Waals surface area contributed by atoms with Crippen LogP contribution in [0.1, 0.15) is 87.0 Å². The van der Waals surface area contributed by atoms with Crippen LogP contribution in [0.5, 0.6) is 0 Å². The molecule has 140 valence electrons. The van der Waals surface area contributed by atoms with Crippen LogP contribution < -0.4 is 0 Å². The summed E-state index contributed by atoms with van der Waals surface area (Å²) in [7, 11) is -0.242. The molecule has 1 fully saturated rings. The third-order valence-electron chi connectivity index (χ3n) is 5.43. The lowest BCUT2D eigenvalue weighted by Crippen LogP contribution is -2.41. The lowest BCUT2D eigenvalue weighted by Gasteiger charge is -2.32. The molecule has 0 aromatic heterocycles. The highest BCUT2D eigenvalue weighted by molar-refractivity contribution is 6.47. The molecule has 0 aromatic rings. The van der Waals surface area contributed by atoms with Crippen molar-refractivity contribution in [1.82, 2.24) is 0 Å². The Morgan fingerprint density at radius 3 is 2.12 bits per heavy atom. The Bertz CT molecular complexity index is 379. The highest BCUT2D eigenvalue weighted by Gasteiger charge is 2.53. The molecule has 2 unspecified atom stereocenters. The largest absolute Gasteiger partial charge is 0.466 e. The molecule has 0 N–H and O–H groups in total. The van der Waals surface area contributed by atoms with Crippen LogP contribution in [0.15, 0.2) is 0 Å². The summed E-state index contributed by atoms with van der Waals surface area (Å²) < 4.78 is 17.7. The summed E-state index contributed by atoms with van der Waals surface area (Å²) in [4.78, 5) is 12.0. The molecule has 1 aliphatic heterocycles. The van der Waals surface area contributed by atoms with Gasteiger partial charge in [-0.1, -0.05) is 46.0 Å². The third kappa shape index (κ3) is 5.77. The van der Waals surface area contributed by atoms with Crippen molar-refractivity contribution < 1.29 is 18.8 Å². The van der Waals surface area contributed by atoms with E-state index < -0.39 is 0 Å². The molecule has 1 saturated heterocycles. The summed E-state index contributed by atoms with van der Waals surface area (Å²) in [5, 5.41) is 0. The van der Waals surface area contributed by atoms with Crippen LogP contribution in [-0.4, -0.2) is 30.9 Å². The molecule has 0 saturated carbocycles. The molecule has 0 spiro atoms. The fourth-order valence-electron chi connectivity index (χ4n) is 3.11. The van der Waals surface area contributed by atoms with Crippen molar-refractivity contribution in [1.29, 1.82) is 0 Å². The molecule has 1 heterocycles. The molecule has 0 aromatic carbocycles. The fraction of sp³-hybridized carbons (Fsp3) is 0.947. The molecular formula is C19H37BO4. The van der Waals surface area contributed by atoms with Gasteiger partial charge < -0.3 is 14.0 Å². The molecule has 5 heteroatoms. The van der Waals surface area contributed by atoms with Crippen molar-refractivity contribution in [3.63, 3.8) is 0 Å². The van der Waals surface area contributed by atoms with Gasteiger partial charge in [-0.3, -0.25) is 4.79 Å². The normalized spacial score (nSPS) is 21.5. The number of ether oxygens (including phenoxy) is 1. The highest BCUT2D eigenvalue weighted by Crippen LogP contribution is 2.43. The average Bonchev–Trinajstić information content (AvgIpc) is 2.70. The summed E-state index contributed by atoms with van der Waals surface area (Å²) in [6, 6.07) is 0. The molecule has 0 amide bonds. The predicted octanol–water partition coefficient (Wildman–Crippen LogP) is 5.01. The van der Waals surface area contributed by atoms with Gasteiger partial charge in [0.05, 0.1) is 23.7 Å². The van der Waals surface area contributed by atoms with Crippen LogP contribution in [0.25, 0.3) is 0 Å². The Morgan fingerprint density at radius 2 is 1.62 bits per heavy atom. The molecule has 4 nitrogen and oxygen atoms in total. The van der Waals surface area contributed by atoms with E-state index in [1.807, 2.05) is 13.8 Å². The van der Waals surface area contributed by atoms with Crippen LogP contribution in [0.4, 0.5) is 0 Å². The standard InChI is InChI=1S/C19H37BO4/c1-8-10-11-12-13-16(14-15(3)17(21)22-9-2)20-23-18(4,5)19(6,7)24-20/h15-16H,8-14H2,1-7H3. The summed E-state index contributed by atoms with van der Waals surface area (Å²) in [6.45, 7) is 14.8. The second kappa shape index (κ2) is 9.24. The molecule has 1 aliphatic rings. The number of hydrogen-bond acceptors (Lipinski definition) is 4. The van der Waals surface area contributed by atoms with Gasteiger partial charge in [-0.25, -0.2) is 0 Å². The number of rotatable bonds is 10. The van der Waals surface area contributed by atoms with Gasteiger partial charge in [0.2, 0.25) is 0 Å². The lowest BCUT2D eigenvalue weighted by atomic mass is 9.65. The fourth-order valence-corrected chi connectivity index (χ4v) is 3.11. The maximum absolute atomic E-state index is 12.0. The van der Waals surface area contributed by atoms with E-state index in [1.54, 1.807) is 0 Å². The second-order valence-electron chi connectivity index (χ2n) is 8.12. The molecule has 0 aliphatic carbocycles. The Balaban J connectivity index is 2.73. The van der Waals surface area contributed by atoms with E-state index in [-0.39, 0.29) is 36.0 Å². The molecule has 1 rings (SSSR count). The van der Waals surface area contributed by atoms with Gasteiger partial charge in [0.15, 0.2) is 0 Å². The van der Waals surface area contributed by atoms with Crippen molar-refractivity contribution in [3.05, 3.63) is 0 Å². The van der Waals surface area contributed by atoms with Crippen LogP contribution in [0.2, 0.25) is 5.82 Å². The molecule has 2 atom stereocenters. The predicted molar refractivity (Wildman–Crippen MR) is 99.0 cm³/mol. The van der Waals surface area contributed by atoms with E-state index in [4.69, 9.17) is 14.0 Å². The Hall–Kier alpha value is -0.545. The third-order valence-corrected chi connectivity index (χ3v) is 5.43. The van der Waals surface area contributed by atoms with Gasteiger partial charge in [0.25, 0.3) is 0 Å². The SMILES string of the molecule is CCCCCCC(CC(C)C(=O)OCC)B1OC(C)(C)C(C)(C)O1. The van der Waals surface area contributed by atoms with E-state index >= 15 is 0 Å². The summed E-state index contributed by atoms with van der Waals surface area (Å²) in [5.74, 6) is -0.0185. The van der Waals surface area contributed by atoms with Gasteiger partial charge in [0.1, 0.15) is 0 Å². The average molecular weight is 340 g/mol. The zero-order valence-electron chi connectivity index (χ0n) is 16.8. The lowest BCUT2D eigenvalue weighted by molar-refractivity contribution is -0.147. The zero-order chi connectivity index (χ0) is 18.4. The van der Waals surface area contributed by atoms with E-state index in [0.29, 0.717) is 6.61 Å². The number of carbonyl (C=O) groups excluding carboxylic acids is 1. The van der Waals surface area contributed by atoms with E-state index in [1.165, 1.54) is 19.3 Å². The minimum atomic E-state index is -0.327. The van der Waals surface area contributed by atoms with Gasteiger partial charge in [-0.15, -0.1) is 0 Å². The zero-order valence-corrected chi connectivity index (χ0v) is 16.8. The van der Waals surface area contributed by atoms with Gasteiger partial charge >= 0.3 is 13.1 Å². The Morgan fingerprint density at radius 1 is 1.04 bits per heavy atom. The van der Waals surface area contributed by atoms with Crippen molar-refractivity contribution >= 4 is 13.1 Å². The number of esters is 1. The number of unbranched alkanes of at least 4 members (excludes halogenated alkanes) is 3. The first kappa shape index (κ1) is 21.5. The summed E-state index contributed by atoms with van der Waals surface area (Å²) in [6.07, 6.45) is 6.63. The van der Waals surface area contributed by atoms with E-state index in [2.05, 4.69) is 34.6 Å². The van der Waals surface area contributed by atoms with E-state index in [0.717, 1.165) is 19.3 Å². The maximum atomic E-state index is 12.0. The summed E-state index contributed by atoms with van der Waals surface area (Å²) in [5.41, 5.74) is -0.654. The molecule has 24 heavy (non-hydrogen) atoms. The van der Waals surface area contributed by atoms with Crippen LogP contribution in [0, 0.1) is 5.92 Å². The monoisotopic (exact) mass is 340 g/mol. The van der Waals surface area contributed by atoms with Crippen LogP contribution in [0.3, 0.4) is 0 Å². The van der Waals surface area contributed by atoms with Crippen LogP contribution in [-0.2, 0) is 18.8 Å². The highest BCUT2D eigenvalue weighted by atomic mass is 16.7. The van der Waals surface area contributed by atoms with Gasteiger partial charge in [-0.2, -0.15) is 0 Å². The number of carbonyl (C=O) groups is 1. The van der Waals surface area contributed by atoms with Crippen molar-refractivity contribution in [2.24, 2.45) is 5.92 Å². The van der Waals surface area contributed by atoms with E-state index in [9.17, 15) is 4.79 Å². The van der Waals surface area contributed by atoms with Crippen LogP contribution >= 0.6 is 0 Å². The maximum Gasteiger partial charge on any atom is 0.461 e. The molecular weight excluding hydrogens is 303 g/mol. The Kier molecular flexibility index (Phi) is 8.27. The van der Waals surface area contributed by atoms with Crippen molar-refractivity contribution in [2.45, 2.75) is 104 Å². The van der Waals surface area contributed by atoms with Gasteiger partial charge in [0, 0.05) is 0 Å². The van der Waals surface area contributed by atoms with Crippen molar-refractivity contribution in [3.8, 4) is 0 Å². The Labute approximate surface area is 149 Å². The van der Waals surface area contributed by atoms with Crippen molar-refractivity contribution in [2.75, 3.05) is 6.61 Å². The minimum absolute atomic E-state index is 0.118. The molecule has 0 radical (unpaired) electrons. The first-order valence-corrected chi connectivity index (χ1v) is 9.66. The first-order chi connectivity index (χ1) is 11.1.